The number of benzene rings is 1. The van der Waals surface area contributed by atoms with Crippen molar-refractivity contribution in [3.63, 3.8) is 0 Å². The monoisotopic (exact) mass is 513 g/mol. The molecule has 10 heteroatoms. The van der Waals surface area contributed by atoms with Crippen molar-refractivity contribution >= 4 is 40.2 Å². The summed E-state index contributed by atoms with van der Waals surface area (Å²) in [5.74, 6) is 1.21. The summed E-state index contributed by atoms with van der Waals surface area (Å²) in [6.45, 7) is 7.26. The lowest BCUT2D eigenvalue weighted by Crippen LogP contribution is -2.52. The van der Waals surface area contributed by atoms with Crippen LogP contribution in [0.5, 0.6) is 0 Å². The van der Waals surface area contributed by atoms with Gasteiger partial charge in [0.1, 0.15) is 17.4 Å². The fourth-order valence-electron chi connectivity index (χ4n) is 5.69. The topological polar surface area (TPSA) is 94.1 Å². The summed E-state index contributed by atoms with van der Waals surface area (Å²) in [7, 11) is 0. The van der Waals surface area contributed by atoms with E-state index in [0.717, 1.165) is 50.3 Å². The van der Waals surface area contributed by atoms with Gasteiger partial charge in [-0.15, -0.1) is 0 Å². The van der Waals surface area contributed by atoms with Crippen LogP contribution in [0, 0.1) is 17.2 Å². The molecule has 1 N–H and O–H groups in total. The first-order chi connectivity index (χ1) is 16.9. The number of aliphatic hydroxyl groups excluding tert-OH is 1. The van der Waals surface area contributed by atoms with Gasteiger partial charge in [0, 0.05) is 35.2 Å². The van der Waals surface area contributed by atoms with E-state index in [0.29, 0.717) is 33.2 Å². The maximum Gasteiger partial charge on any atom is 0.190 e. The third kappa shape index (κ3) is 4.47. The Bertz CT molecular complexity index is 1270. The highest BCUT2D eigenvalue weighted by Crippen LogP contribution is 2.33. The van der Waals surface area contributed by atoms with Crippen LogP contribution in [-0.2, 0) is 0 Å². The lowest BCUT2D eigenvalue weighted by atomic mass is 9.92. The standard InChI is InChI=1S/C25H29Cl2N7O/c1-15-13-32(9-7-22(15)33-8-3-4-18(33)14-35)23-12-29-24-21(11-28)31-34(25(24)30-23)16(2)19-6-5-17(26)10-20(19)27/h5-6,10,12,15-16,18,22,35H,3-4,7-9,13-14H2,1-2H3/t15-,16-,18?,22?/m1/s1. The van der Waals surface area contributed by atoms with E-state index in [9.17, 15) is 10.4 Å². The minimum atomic E-state index is -0.260. The third-order valence-electron chi connectivity index (χ3n) is 7.52. The molecule has 0 bridgehead atoms. The van der Waals surface area contributed by atoms with E-state index in [1.807, 2.05) is 13.0 Å². The quantitative estimate of drug-likeness (QED) is 0.543. The Morgan fingerprint density at radius 2 is 2.09 bits per heavy atom. The molecule has 8 nitrogen and oxygen atoms in total. The van der Waals surface area contributed by atoms with Gasteiger partial charge in [0.05, 0.1) is 18.8 Å². The van der Waals surface area contributed by atoms with Gasteiger partial charge in [0.2, 0.25) is 0 Å². The highest BCUT2D eigenvalue weighted by molar-refractivity contribution is 6.35. The molecule has 0 aliphatic carbocycles. The Morgan fingerprint density at radius 1 is 1.26 bits per heavy atom. The van der Waals surface area contributed by atoms with Crippen LogP contribution in [0.15, 0.2) is 24.4 Å². The molecule has 4 heterocycles. The number of hydrogen-bond acceptors (Lipinski definition) is 7. The summed E-state index contributed by atoms with van der Waals surface area (Å²) < 4.78 is 1.73. The van der Waals surface area contributed by atoms with Gasteiger partial charge in [-0.05, 0) is 56.3 Å². The number of anilines is 1. The molecule has 0 saturated carbocycles. The normalized spacial score (nSPS) is 24.1. The maximum atomic E-state index is 9.77. The smallest absolute Gasteiger partial charge is 0.190 e. The van der Waals surface area contributed by atoms with E-state index in [4.69, 9.17) is 28.2 Å². The SMILES string of the molecule is C[C@@H]1CN(c2cnc3c(C#N)nn([C@H](C)c4ccc(Cl)cc4Cl)c3n2)CCC1N1CCCC1CO. The number of piperidine rings is 1. The summed E-state index contributed by atoms with van der Waals surface area (Å²) in [6, 6.07) is 8.00. The molecule has 2 aliphatic rings. The average molecular weight is 514 g/mol. The lowest BCUT2D eigenvalue weighted by Gasteiger charge is -2.43. The van der Waals surface area contributed by atoms with E-state index in [1.165, 1.54) is 0 Å². The van der Waals surface area contributed by atoms with Crippen LogP contribution in [-0.4, -0.2) is 68.1 Å². The van der Waals surface area contributed by atoms with Gasteiger partial charge in [0.15, 0.2) is 11.3 Å². The molecular weight excluding hydrogens is 485 g/mol. The second kappa shape index (κ2) is 9.90. The van der Waals surface area contributed by atoms with Crippen molar-refractivity contribution < 1.29 is 5.11 Å². The van der Waals surface area contributed by atoms with Crippen molar-refractivity contribution in [2.45, 2.75) is 51.2 Å². The minimum Gasteiger partial charge on any atom is -0.395 e. The fourth-order valence-corrected chi connectivity index (χ4v) is 6.26. The zero-order valence-corrected chi connectivity index (χ0v) is 21.4. The van der Waals surface area contributed by atoms with Gasteiger partial charge in [-0.1, -0.05) is 36.2 Å². The van der Waals surface area contributed by atoms with Crippen LogP contribution in [0.25, 0.3) is 11.2 Å². The molecule has 3 aromatic rings. The predicted molar refractivity (Wildman–Crippen MR) is 137 cm³/mol. The van der Waals surface area contributed by atoms with Crippen molar-refractivity contribution in [1.82, 2.24) is 24.6 Å². The van der Waals surface area contributed by atoms with Crippen LogP contribution in [0.4, 0.5) is 5.82 Å². The lowest BCUT2D eigenvalue weighted by molar-refractivity contribution is 0.0800. The zero-order valence-electron chi connectivity index (χ0n) is 19.9. The summed E-state index contributed by atoms with van der Waals surface area (Å²) in [4.78, 5) is 14.3. The Hall–Kier alpha value is -2.44. The number of halogens is 2. The molecule has 2 aliphatic heterocycles. The third-order valence-corrected chi connectivity index (χ3v) is 8.08. The van der Waals surface area contributed by atoms with E-state index in [-0.39, 0.29) is 24.4 Å². The number of aliphatic hydroxyl groups is 1. The van der Waals surface area contributed by atoms with E-state index in [2.05, 4.69) is 32.9 Å². The highest BCUT2D eigenvalue weighted by atomic mass is 35.5. The fraction of sp³-hybridized carbons (Fsp3) is 0.520. The number of aromatic nitrogens is 4. The molecule has 4 atom stereocenters. The van der Waals surface area contributed by atoms with E-state index in [1.54, 1.807) is 23.0 Å². The van der Waals surface area contributed by atoms with Crippen LogP contribution in [0.1, 0.15) is 50.4 Å². The highest BCUT2D eigenvalue weighted by Gasteiger charge is 2.36. The van der Waals surface area contributed by atoms with Gasteiger partial charge in [-0.2, -0.15) is 10.4 Å². The van der Waals surface area contributed by atoms with Crippen molar-refractivity contribution in [2.24, 2.45) is 5.92 Å². The molecule has 0 spiro atoms. The number of nitriles is 1. The number of fused-ring (bicyclic) bond motifs is 1. The second-order valence-electron chi connectivity index (χ2n) is 9.64. The average Bonchev–Trinajstić information content (AvgIpc) is 3.47. The molecule has 35 heavy (non-hydrogen) atoms. The first-order valence-corrected chi connectivity index (χ1v) is 12.9. The summed E-state index contributed by atoms with van der Waals surface area (Å²) in [6.07, 6.45) is 4.99. The Morgan fingerprint density at radius 3 is 2.80 bits per heavy atom. The van der Waals surface area contributed by atoms with Crippen molar-refractivity contribution in [1.29, 1.82) is 5.26 Å². The summed E-state index contributed by atoms with van der Waals surface area (Å²) in [5, 5.41) is 25.0. The Kier molecular flexibility index (Phi) is 6.86. The van der Waals surface area contributed by atoms with Gasteiger partial charge in [0.25, 0.3) is 0 Å². The first kappa shape index (κ1) is 24.3. The summed E-state index contributed by atoms with van der Waals surface area (Å²) >= 11 is 12.6. The molecule has 2 unspecified atom stereocenters. The largest absolute Gasteiger partial charge is 0.395 e. The Labute approximate surface area is 215 Å². The molecule has 1 aromatic carbocycles. The van der Waals surface area contributed by atoms with Gasteiger partial charge >= 0.3 is 0 Å². The minimum absolute atomic E-state index is 0.232. The first-order valence-electron chi connectivity index (χ1n) is 12.1. The second-order valence-corrected chi connectivity index (χ2v) is 10.5. The molecular formula is C25H29Cl2N7O. The number of likely N-dealkylation sites (tertiary alicyclic amines) is 1. The number of rotatable bonds is 5. The Balaban J connectivity index is 1.44. The van der Waals surface area contributed by atoms with Crippen molar-refractivity contribution in [3.8, 4) is 6.07 Å². The van der Waals surface area contributed by atoms with Crippen LogP contribution in [0.2, 0.25) is 10.0 Å². The van der Waals surface area contributed by atoms with Crippen LogP contribution >= 0.6 is 23.2 Å². The number of hydrogen-bond donors (Lipinski definition) is 1. The molecule has 2 fully saturated rings. The van der Waals surface area contributed by atoms with E-state index >= 15 is 0 Å². The van der Waals surface area contributed by atoms with Crippen LogP contribution < -0.4 is 4.90 Å². The van der Waals surface area contributed by atoms with Crippen LogP contribution in [0.3, 0.4) is 0 Å². The molecule has 0 radical (unpaired) electrons. The molecule has 0 amide bonds. The predicted octanol–water partition coefficient (Wildman–Crippen LogP) is 4.29. The van der Waals surface area contributed by atoms with E-state index < -0.39 is 0 Å². The zero-order chi connectivity index (χ0) is 24.7. The molecule has 5 rings (SSSR count). The van der Waals surface area contributed by atoms with Crippen molar-refractivity contribution in [3.05, 3.63) is 45.7 Å². The molecule has 2 saturated heterocycles. The molecule has 2 aromatic heterocycles. The van der Waals surface area contributed by atoms with Crippen molar-refractivity contribution in [2.75, 3.05) is 31.1 Å². The van der Waals surface area contributed by atoms with Gasteiger partial charge in [-0.25, -0.2) is 14.6 Å². The number of nitrogens with zero attached hydrogens (tertiary/aromatic N) is 7. The van der Waals surface area contributed by atoms with Gasteiger partial charge < -0.3 is 10.0 Å². The van der Waals surface area contributed by atoms with Gasteiger partial charge in [-0.3, -0.25) is 4.90 Å². The maximum absolute atomic E-state index is 9.77. The molecule has 184 valence electrons. The summed E-state index contributed by atoms with van der Waals surface area (Å²) in [5.41, 5.74) is 2.13.